The van der Waals surface area contributed by atoms with Crippen LogP contribution in [-0.2, 0) is 25.6 Å². The normalized spacial score (nSPS) is 19.1. The quantitative estimate of drug-likeness (QED) is 0.114. The molecule has 0 bridgehead atoms. The monoisotopic (exact) mass is 828 g/mol. The number of hydrogen-bond donors (Lipinski definition) is 2. The largest absolute Gasteiger partial charge is 0.457 e. The van der Waals surface area contributed by atoms with Gasteiger partial charge in [0.05, 0.1) is 37.9 Å². The van der Waals surface area contributed by atoms with Crippen molar-refractivity contribution in [1.29, 1.82) is 0 Å². The first-order valence-corrected chi connectivity index (χ1v) is 21.3. The third-order valence-electron chi connectivity index (χ3n) is 12.2. The van der Waals surface area contributed by atoms with Gasteiger partial charge in [0.2, 0.25) is 11.8 Å². The molecule has 0 aliphatic carbocycles. The number of anilines is 2. The fourth-order valence-electron chi connectivity index (χ4n) is 8.84. The van der Waals surface area contributed by atoms with E-state index >= 15 is 0 Å². The number of nitrogens with one attached hydrogen (secondary N) is 1. The molecule has 0 saturated carbocycles. The molecule has 3 fully saturated rings. The van der Waals surface area contributed by atoms with Gasteiger partial charge in [-0.2, -0.15) is 5.10 Å². The first-order valence-electron chi connectivity index (χ1n) is 21.3. The number of nitrogens with zero attached hydrogens (tertiary/aromatic N) is 8. The third kappa shape index (κ3) is 9.08. The van der Waals surface area contributed by atoms with E-state index in [2.05, 4.69) is 36.1 Å². The van der Waals surface area contributed by atoms with Gasteiger partial charge < -0.3 is 34.6 Å². The lowest BCUT2D eigenvalue weighted by Crippen LogP contribution is -2.52. The predicted molar refractivity (Wildman–Crippen MR) is 229 cm³/mol. The van der Waals surface area contributed by atoms with Crippen LogP contribution in [0.4, 0.5) is 11.5 Å². The van der Waals surface area contributed by atoms with Gasteiger partial charge in [-0.3, -0.25) is 24.6 Å². The number of carbonyl (C=O) groups excluding carboxylic acids is 3. The average Bonchev–Trinajstić information content (AvgIpc) is 3.84. The second kappa shape index (κ2) is 18.4. The summed E-state index contributed by atoms with van der Waals surface area (Å²) in [5.41, 5.74) is 11.5. The fraction of sp³-hybridized carbons (Fsp3) is 0.422. The molecule has 5 aromatic rings. The molecule has 1 unspecified atom stereocenters. The van der Waals surface area contributed by atoms with E-state index in [1.54, 1.807) is 4.90 Å². The minimum absolute atomic E-state index is 0.143. The van der Waals surface area contributed by atoms with Crippen molar-refractivity contribution in [1.82, 2.24) is 39.8 Å². The van der Waals surface area contributed by atoms with E-state index in [4.69, 9.17) is 25.0 Å². The van der Waals surface area contributed by atoms with E-state index < -0.39 is 6.04 Å². The molecule has 3 N–H and O–H groups in total. The molecule has 1 atom stereocenters. The van der Waals surface area contributed by atoms with Crippen molar-refractivity contribution in [3.05, 3.63) is 90.3 Å². The number of rotatable bonds is 15. The molecule has 61 heavy (non-hydrogen) atoms. The van der Waals surface area contributed by atoms with Gasteiger partial charge in [-0.25, -0.2) is 14.6 Å². The number of likely N-dealkylation sites (tertiary alicyclic amines) is 1. The van der Waals surface area contributed by atoms with Crippen LogP contribution in [0.2, 0.25) is 0 Å². The Hall–Kier alpha value is -5.94. The number of imide groups is 1. The smallest absolute Gasteiger partial charge is 0.255 e. The summed E-state index contributed by atoms with van der Waals surface area (Å²) >= 11 is 0. The summed E-state index contributed by atoms with van der Waals surface area (Å²) in [6.07, 6.45) is 4.02. The first-order chi connectivity index (χ1) is 29.9. The van der Waals surface area contributed by atoms with Crippen LogP contribution >= 0.6 is 0 Å². The number of aromatic nitrogens is 4. The van der Waals surface area contributed by atoms with E-state index in [9.17, 15) is 14.4 Å². The number of piperazine rings is 1. The van der Waals surface area contributed by atoms with Gasteiger partial charge >= 0.3 is 0 Å². The SMILES string of the molecule is Nc1ncnc2c1c(-c1ccc(Oc3ccccc3)cc1)nn2C1CCN(CCOCCOCCN2CCN(c3ccc4c(c3)CN(C3CCC(=O)NC3=O)C4=O)CC2)CC1. The van der Waals surface area contributed by atoms with Crippen molar-refractivity contribution >= 4 is 40.3 Å². The number of nitrogens with two attached hydrogens (primary N) is 1. The molecule has 318 valence electrons. The van der Waals surface area contributed by atoms with Crippen LogP contribution in [0.5, 0.6) is 11.5 Å². The number of carbonyl (C=O) groups is 3. The number of piperidine rings is 2. The summed E-state index contributed by atoms with van der Waals surface area (Å²) in [7, 11) is 0. The Morgan fingerprint density at radius 1 is 0.754 bits per heavy atom. The van der Waals surface area contributed by atoms with Crippen LogP contribution in [0.15, 0.2) is 79.1 Å². The third-order valence-corrected chi connectivity index (χ3v) is 12.2. The van der Waals surface area contributed by atoms with Crippen molar-refractivity contribution in [3.8, 4) is 22.8 Å². The molecule has 16 nitrogen and oxygen atoms in total. The molecule has 0 spiro atoms. The summed E-state index contributed by atoms with van der Waals surface area (Å²) in [6, 6.07) is 23.1. The Balaban J connectivity index is 0.661. The maximum absolute atomic E-state index is 13.1. The average molecular weight is 829 g/mol. The molecular weight excluding hydrogens is 777 g/mol. The molecule has 3 aromatic carbocycles. The highest BCUT2D eigenvalue weighted by Gasteiger charge is 2.39. The number of fused-ring (bicyclic) bond motifs is 2. The maximum Gasteiger partial charge on any atom is 0.255 e. The van der Waals surface area contributed by atoms with Gasteiger partial charge in [-0.05, 0) is 79.4 Å². The van der Waals surface area contributed by atoms with Crippen LogP contribution in [0, 0.1) is 0 Å². The second-order valence-electron chi connectivity index (χ2n) is 16.1. The molecule has 3 amide bonds. The fourth-order valence-corrected chi connectivity index (χ4v) is 8.84. The van der Waals surface area contributed by atoms with Crippen molar-refractivity contribution in [2.75, 3.05) is 89.4 Å². The van der Waals surface area contributed by atoms with Crippen LogP contribution < -0.4 is 20.7 Å². The number of para-hydroxylation sites is 1. The van der Waals surface area contributed by atoms with Crippen molar-refractivity contribution < 1.29 is 28.6 Å². The molecule has 2 aromatic heterocycles. The Morgan fingerprint density at radius 2 is 1.46 bits per heavy atom. The highest BCUT2D eigenvalue weighted by molar-refractivity contribution is 6.05. The maximum atomic E-state index is 13.1. The van der Waals surface area contributed by atoms with E-state index in [1.165, 1.54) is 6.33 Å². The van der Waals surface area contributed by atoms with Crippen molar-refractivity contribution in [2.24, 2.45) is 0 Å². The molecule has 3 saturated heterocycles. The standard InChI is InChI=1S/C45H52N10O6/c46-42-40-41(31-6-9-36(10-7-31)61-35-4-2-1-3-5-35)50-55(43(40)48-30-47-42)33-14-16-51(17-15-33)22-24-59-26-27-60-25-23-52-18-20-53(21-19-52)34-8-11-37-32(28-34)29-54(45(37)58)38-12-13-39(56)49-44(38)57/h1-11,28,30,33,38H,12-27,29H2,(H2,46,47,48)(H,49,56,57). The van der Waals surface area contributed by atoms with Gasteiger partial charge in [-0.1, -0.05) is 18.2 Å². The van der Waals surface area contributed by atoms with E-state index in [-0.39, 0.29) is 30.2 Å². The summed E-state index contributed by atoms with van der Waals surface area (Å²) in [6.45, 7) is 10.1. The van der Waals surface area contributed by atoms with Gasteiger partial charge in [0.25, 0.3) is 5.91 Å². The zero-order chi connectivity index (χ0) is 41.7. The van der Waals surface area contributed by atoms with E-state index in [1.807, 2.05) is 71.4 Å². The molecule has 0 radical (unpaired) electrons. The number of amides is 3. The van der Waals surface area contributed by atoms with Gasteiger partial charge in [0.1, 0.15) is 35.4 Å². The molecule has 6 heterocycles. The molecule has 4 aliphatic heterocycles. The van der Waals surface area contributed by atoms with E-state index in [0.29, 0.717) is 50.8 Å². The van der Waals surface area contributed by atoms with Crippen LogP contribution in [0.25, 0.3) is 22.3 Å². The minimum Gasteiger partial charge on any atom is -0.457 e. The zero-order valence-electron chi connectivity index (χ0n) is 34.3. The van der Waals surface area contributed by atoms with Gasteiger partial charge in [0.15, 0.2) is 5.65 Å². The Kier molecular flexibility index (Phi) is 12.2. The lowest BCUT2D eigenvalue weighted by Gasteiger charge is -2.36. The summed E-state index contributed by atoms with van der Waals surface area (Å²) in [5, 5.41) is 8.22. The van der Waals surface area contributed by atoms with Crippen molar-refractivity contribution in [3.63, 3.8) is 0 Å². The number of hydrogen-bond acceptors (Lipinski definition) is 13. The Labute approximate surface area is 354 Å². The molecule has 4 aliphatic rings. The summed E-state index contributed by atoms with van der Waals surface area (Å²) in [5.74, 6) is 1.14. The minimum atomic E-state index is -0.602. The molecule has 16 heteroatoms. The highest BCUT2D eigenvalue weighted by atomic mass is 16.5. The number of ether oxygens (including phenoxy) is 3. The van der Waals surface area contributed by atoms with Crippen molar-refractivity contribution in [2.45, 2.75) is 44.3 Å². The molecular formula is C45H52N10O6. The second-order valence-corrected chi connectivity index (χ2v) is 16.1. The van der Waals surface area contributed by atoms with E-state index in [0.717, 1.165) is 110 Å². The van der Waals surface area contributed by atoms with Crippen LogP contribution in [-0.4, -0.2) is 137 Å². The lowest BCUT2D eigenvalue weighted by molar-refractivity contribution is -0.136. The lowest BCUT2D eigenvalue weighted by atomic mass is 10.0. The summed E-state index contributed by atoms with van der Waals surface area (Å²) < 4.78 is 19.9. The molecule has 9 rings (SSSR count). The Morgan fingerprint density at radius 3 is 2.18 bits per heavy atom. The first kappa shape index (κ1) is 40.5. The topological polar surface area (TPSA) is 174 Å². The summed E-state index contributed by atoms with van der Waals surface area (Å²) in [4.78, 5) is 54.8. The van der Waals surface area contributed by atoms with Crippen LogP contribution in [0.1, 0.15) is 47.6 Å². The zero-order valence-corrected chi connectivity index (χ0v) is 34.3. The van der Waals surface area contributed by atoms with Gasteiger partial charge in [-0.15, -0.1) is 0 Å². The predicted octanol–water partition coefficient (Wildman–Crippen LogP) is 4.12. The number of nitrogen functional groups attached to an aromatic ring is 1. The van der Waals surface area contributed by atoms with Gasteiger partial charge in [0, 0.05) is 82.1 Å². The van der Waals surface area contributed by atoms with Crippen LogP contribution in [0.3, 0.4) is 0 Å². The Bertz CT molecular complexity index is 2340. The number of benzene rings is 3. The highest BCUT2D eigenvalue weighted by Crippen LogP contribution is 2.36.